The normalized spacial score (nSPS) is 11.3. The van der Waals surface area contributed by atoms with Gasteiger partial charge in [-0.3, -0.25) is 9.69 Å². The second-order valence-corrected chi connectivity index (χ2v) is 7.66. The highest BCUT2D eigenvalue weighted by Crippen LogP contribution is 2.35. The number of carbonyl (C=O) groups is 1. The van der Waals surface area contributed by atoms with Crippen LogP contribution in [0.3, 0.4) is 0 Å². The van der Waals surface area contributed by atoms with Crippen LogP contribution in [0.2, 0.25) is 0 Å². The topological polar surface area (TPSA) is 49.8 Å². The molecule has 31 heavy (non-hydrogen) atoms. The average Bonchev–Trinajstić information content (AvgIpc) is 2.80. The number of rotatable bonds is 7. The zero-order valence-corrected chi connectivity index (χ0v) is 18.0. The number of carbonyl (C=O) groups excluding carboxylic acids is 1. The van der Waals surface area contributed by atoms with E-state index in [9.17, 15) is 9.90 Å². The summed E-state index contributed by atoms with van der Waals surface area (Å²) in [6, 6.07) is 23.6. The van der Waals surface area contributed by atoms with Crippen LogP contribution in [0.15, 0.2) is 72.8 Å². The molecule has 0 bridgehead atoms. The van der Waals surface area contributed by atoms with Crippen LogP contribution in [0.1, 0.15) is 25.0 Å². The van der Waals surface area contributed by atoms with Crippen LogP contribution in [-0.2, 0) is 11.2 Å². The Balaban J connectivity index is 1.79. The van der Waals surface area contributed by atoms with Crippen molar-refractivity contribution in [1.29, 1.82) is 0 Å². The molecular formula is C27H27NO3. The Bertz CT molecular complexity index is 1230. The van der Waals surface area contributed by atoms with Crippen molar-refractivity contribution in [3.63, 3.8) is 0 Å². The van der Waals surface area contributed by atoms with Gasteiger partial charge in [0, 0.05) is 17.5 Å². The fourth-order valence-corrected chi connectivity index (χ4v) is 4.07. The van der Waals surface area contributed by atoms with Gasteiger partial charge < -0.3 is 9.84 Å². The molecule has 0 fully saturated rings. The Hall–Kier alpha value is -3.37. The van der Waals surface area contributed by atoms with E-state index in [1.165, 1.54) is 0 Å². The summed E-state index contributed by atoms with van der Waals surface area (Å²) in [7, 11) is 0. The number of hydrogen-bond donors (Lipinski definition) is 1. The SMILES string of the molecule is CCN(CC)CC(=O)Oc1ccc2ccccc2c1Cc1c(O)ccc2ccccc12. The average molecular weight is 414 g/mol. The summed E-state index contributed by atoms with van der Waals surface area (Å²) < 4.78 is 5.85. The molecule has 0 atom stereocenters. The van der Waals surface area contributed by atoms with E-state index in [0.29, 0.717) is 12.2 Å². The van der Waals surface area contributed by atoms with Crippen molar-refractivity contribution >= 4 is 27.5 Å². The van der Waals surface area contributed by atoms with Gasteiger partial charge in [-0.25, -0.2) is 0 Å². The highest BCUT2D eigenvalue weighted by molar-refractivity contribution is 5.92. The summed E-state index contributed by atoms with van der Waals surface area (Å²) in [5.74, 6) is 0.512. The number of esters is 1. The fourth-order valence-electron chi connectivity index (χ4n) is 4.07. The Morgan fingerprint density at radius 2 is 1.39 bits per heavy atom. The third-order valence-electron chi connectivity index (χ3n) is 5.84. The first kappa shape index (κ1) is 20.9. The molecule has 0 aliphatic rings. The molecule has 0 aromatic heterocycles. The minimum Gasteiger partial charge on any atom is -0.508 e. The molecule has 0 saturated carbocycles. The minimum absolute atomic E-state index is 0.243. The number of nitrogens with zero attached hydrogens (tertiary/aromatic N) is 1. The molecular weight excluding hydrogens is 386 g/mol. The number of ether oxygens (including phenoxy) is 1. The van der Waals surface area contributed by atoms with E-state index >= 15 is 0 Å². The van der Waals surface area contributed by atoms with Crippen molar-refractivity contribution in [1.82, 2.24) is 4.90 Å². The van der Waals surface area contributed by atoms with Gasteiger partial charge in [0.25, 0.3) is 0 Å². The molecule has 0 heterocycles. The number of fused-ring (bicyclic) bond motifs is 2. The van der Waals surface area contributed by atoms with Crippen molar-refractivity contribution in [3.05, 3.63) is 83.9 Å². The van der Waals surface area contributed by atoms with Gasteiger partial charge in [0.1, 0.15) is 11.5 Å². The first-order valence-corrected chi connectivity index (χ1v) is 10.7. The predicted octanol–water partition coefficient (Wildman–Crippen LogP) is 5.54. The van der Waals surface area contributed by atoms with Crippen LogP contribution in [-0.4, -0.2) is 35.6 Å². The molecule has 4 aromatic carbocycles. The lowest BCUT2D eigenvalue weighted by atomic mass is 9.93. The molecule has 4 rings (SSSR count). The smallest absolute Gasteiger partial charge is 0.325 e. The zero-order chi connectivity index (χ0) is 21.8. The molecule has 0 amide bonds. The number of benzene rings is 4. The molecule has 0 aliphatic carbocycles. The first-order valence-electron chi connectivity index (χ1n) is 10.7. The van der Waals surface area contributed by atoms with Gasteiger partial charge in [-0.15, -0.1) is 0 Å². The number of phenols is 1. The van der Waals surface area contributed by atoms with Crippen molar-refractivity contribution in [2.45, 2.75) is 20.3 Å². The van der Waals surface area contributed by atoms with Crippen LogP contribution in [0.4, 0.5) is 0 Å². The summed E-state index contributed by atoms with van der Waals surface area (Å²) in [6.45, 7) is 5.89. The van der Waals surface area contributed by atoms with Crippen LogP contribution in [0.25, 0.3) is 21.5 Å². The van der Waals surface area contributed by atoms with Gasteiger partial charge in [0.05, 0.1) is 6.54 Å². The van der Waals surface area contributed by atoms with Crippen LogP contribution >= 0.6 is 0 Å². The Kier molecular flexibility index (Phi) is 6.19. The minimum atomic E-state index is -0.276. The standard InChI is InChI=1S/C27H27NO3/c1-3-28(4-2)18-27(30)31-26-16-14-20-10-6-8-12-22(20)24(26)17-23-21-11-7-5-9-19(21)13-15-25(23)29/h5-16,29H,3-4,17-18H2,1-2H3. The summed E-state index contributed by atoms with van der Waals surface area (Å²) in [6.07, 6.45) is 0.461. The summed E-state index contributed by atoms with van der Waals surface area (Å²) >= 11 is 0. The highest BCUT2D eigenvalue weighted by atomic mass is 16.5. The van der Waals surface area contributed by atoms with Crippen LogP contribution < -0.4 is 4.74 Å². The second-order valence-electron chi connectivity index (χ2n) is 7.66. The fraction of sp³-hybridized carbons (Fsp3) is 0.222. The van der Waals surface area contributed by atoms with Gasteiger partial charge in [-0.1, -0.05) is 74.5 Å². The Morgan fingerprint density at radius 3 is 2.03 bits per heavy atom. The lowest BCUT2D eigenvalue weighted by Crippen LogP contribution is -2.32. The lowest BCUT2D eigenvalue weighted by Gasteiger charge is -2.19. The quantitative estimate of drug-likeness (QED) is 0.319. The zero-order valence-electron chi connectivity index (χ0n) is 18.0. The number of likely N-dealkylation sites (N-methyl/N-ethyl adjacent to an activating group) is 1. The van der Waals surface area contributed by atoms with E-state index in [-0.39, 0.29) is 18.3 Å². The molecule has 4 nitrogen and oxygen atoms in total. The van der Waals surface area contributed by atoms with Crippen molar-refractivity contribution in [3.8, 4) is 11.5 Å². The van der Waals surface area contributed by atoms with Gasteiger partial charge in [0.2, 0.25) is 0 Å². The van der Waals surface area contributed by atoms with Crippen LogP contribution in [0.5, 0.6) is 11.5 Å². The van der Waals surface area contributed by atoms with E-state index < -0.39 is 0 Å². The lowest BCUT2D eigenvalue weighted by molar-refractivity contribution is -0.135. The number of aromatic hydroxyl groups is 1. The maximum absolute atomic E-state index is 12.6. The monoisotopic (exact) mass is 413 g/mol. The van der Waals surface area contributed by atoms with Gasteiger partial charge in [-0.05, 0) is 46.8 Å². The Labute approximate surface area is 182 Å². The summed E-state index contributed by atoms with van der Waals surface area (Å²) in [5, 5.41) is 14.8. The third-order valence-corrected chi connectivity index (χ3v) is 5.84. The van der Waals surface area contributed by atoms with Crippen LogP contribution in [0, 0.1) is 0 Å². The molecule has 4 aromatic rings. The van der Waals surface area contributed by atoms with E-state index in [2.05, 4.69) is 0 Å². The highest BCUT2D eigenvalue weighted by Gasteiger charge is 2.17. The van der Waals surface area contributed by atoms with E-state index in [4.69, 9.17) is 4.74 Å². The molecule has 0 saturated heterocycles. The molecule has 0 aliphatic heterocycles. The van der Waals surface area contributed by atoms with Gasteiger partial charge in [0.15, 0.2) is 0 Å². The predicted molar refractivity (Wildman–Crippen MR) is 126 cm³/mol. The Morgan fingerprint density at radius 1 is 0.806 bits per heavy atom. The summed E-state index contributed by atoms with van der Waals surface area (Å²) in [5.41, 5.74) is 1.73. The molecule has 1 N–H and O–H groups in total. The second kappa shape index (κ2) is 9.19. The first-order chi connectivity index (χ1) is 15.1. The van der Waals surface area contributed by atoms with Crippen molar-refractivity contribution in [2.75, 3.05) is 19.6 Å². The number of phenolic OH excluding ortho intramolecular Hbond substituents is 1. The molecule has 0 radical (unpaired) electrons. The van der Waals surface area contributed by atoms with Gasteiger partial charge in [-0.2, -0.15) is 0 Å². The maximum Gasteiger partial charge on any atom is 0.325 e. The van der Waals surface area contributed by atoms with E-state index in [1.54, 1.807) is 6.07 Å². The third kappa shape index (κ3) is 4.39. The molecule has 4 heteroatoms. The molecule has 158 valence electrons. The summed E-state index contributed by atoms with van der Waals surface area (Å²) in [4.78, 5) is 14.7. The van der Waals surface area contributed by atoms with E-state index in [0.717, 1.165) is 45.8 Å². The molecule has 0 unspecified atom stereocenters. The van der Waals surface area contributed by atoms with Crippen molar-refractivity contribution in [2.24, 2.45) is 0 Å². The largest absolute Gasteiger partial charge is 0.508 e. The number of hydrogen-bond acceptors (Lipinski definition) is 4. The van der Waals surface area contributed by atoms with Crippen molar-refractivity contribution < 1.29 is 14.6 Å². The maximum atomic E-state index is 12.6. The molecule has 0 spiro atoms. The van der Waals surface area contributed by atoms with Gasteiger partial charge >= 0.3 is 5.97 Å². The van der Waals surface area contributed by atoms with E-state index in [1.807, 2.05) is 85.5 Å².